The van der Waals surface area contributed by atoms with Gasteiger partial charge in [0.2, 0.25) is 0 Å². The molecule has 0 aliphatic carbocycles. The van der Waals surface area contributed by atoms with E-state index in [0.717, 1.165) is 0 Å². The van der Waals surface area contributed by atoms with E-state index in [1.165, 1.54) is 6.33 Å². The molecular weight excluding hydrogens is 436 g/mol. The third kappa shape index (κ3) is 6.88. The molecule has 0 saturated carbocycles. The number of rotatable bonds is 12. The minimum atomic E-state index is -0.744. The van der Waals surface area contributed by atoms with E-state index in [1.807, 2.05) is 62.6 Å². The Hall–Kier alpha value is -3.24. The molecule has 2 aromatic heterocycles. The smallest absolute Gasteiger partial charge is 0.323 e. The number of anilines is 1. The number of imidazole rings is 1. The summed E-state index contributed by atoms with van der Waals surface area (Å²) in [4.78, 5) is 24.8. The Morgan fingerprint density at radius 3 is 2.59 bits per heavy atom. The Balaban J connectivity index is 1.65. The Morgan fingerprint density at radius 2 is 1.88 bits per heavy atom. The molecule has 0 aliphatic heterocycles. The number of ether oxygens (including phenoxy) is 3. The molecule has 0 unspecified atom stereocenters. The predicted octanol–water partition coefficient (Wildman–Crippen LogP) is 2.58. The van der Waals surface area contributed by atoms with Gasteiger partial charge in [-0.05, 0) is 46.8 Å². The van der Waals surface area contributed by atoms with Crippen LogP contribution < -0.4 is 15.8 Å². The Kier molecular flexibility index (Phi) is 8.41. The van der Waals surface area contributed by atoms with Crippen LogP contribution in [0, 0.1) is 0 Å². The van der Waals surface area contributed by atoms with E-state index in [4.69, 9.17) is 19.9 Å². The fraction of sp³-hybridized carbons (Fsp3) is 0.500. The molecule has 1 aromatic carbocycles. The second kappa shape index (κ2) is 11.3. The average molecular weight is 471 g/mol. The summed E-state index contributed by atoms with van der Waals surface area (Å²) < 4.78 is 19.7. The lowest BCUT2D eigenvalue weighted by atomic mass is 10.1. The number of hydrogen-bond donors (Lipinski definition) is 2. The number of aromatic nitrogens is 4. The van der Waals surface area contributed by atoms with Crippen molar-refractivity contribution in [1.82, 2.24) is 24.8 Å². The summed E-state index contributed by atoms with van der Waals surface area (Å²) >= 11 is 0. The van der Waals surface area contributed by atoms with Crippen LogP contribution >= 0.6 is 0 Å². The molecule has 10 heteroatoms. The fourth-order valence-electron chi connectivity index (χ4n) is 3.36. The number of fused-ring (bicyclic) bond motifs is 1. The summed E-state index contributed by atoms with van der Waals surface area (Å²) in [6.07, 6.45) is 2.76. The van der Waals surface area contributed by atoms with Crippen LogP contribution in [0.5, 0.6) is 5.75 Å². The van der Waals surface area contributed by atoms with E-state index in [-0.39, 0.29) is 24.8 Å². The van der Waals surface area contributed by atoms with Crippen molar-refractivity contribution in [2.75, 3.05) is 18.9 Å². The van der Waals surface area contributed by atoms with Crippen LogP contribution in [-0.4, -0.2) is 62.5 Å². The molecule has 3 atom stereocenters. The zero-order valence-corrected chi connectivity index (χ0v) is 20.4. The summed E-state index contributed by atoms with van der Waals surface area (Å²) in [6, 6.07) is 9.04. The van der Waals surface area contributed by atoms with E-state index >= 15 is 0 Å². The van der Waals surface area contributed by atoms with Gasteiger partial charge >= 0.3 is 5.97 Å². The van der Waals surface area contributed by atoms with Gasteiger partial charge in [0, 0.05) is 6.54 Å². The Labute approximate surface area is 199 Å². The first kappa shape index (κ1) is 25.4. The van der Waals surface area contributed by atoms with Crippen LogP contribution in [0.3, 0.4) is 0 Å². The molecule has 3 aromatic rings. The van der Waals surface area contributed by atoms with Gasteiger partial charge in [0.05, 0.1) is 31.7 Å². The van der Waals surface area contributed by atoms with Crippen molar-refractivity contribution >= 4 is 23.0 Å². The topological polar surface area (TPSA) is 126 Å². The number of benzene rings is 1. The van der Waals surface area contributed by atoms with E-state index < -0.39 is 11.6 Å². The van der Waals surface area contributed by atoms with Gasteiger partial charge in [-0.2, -0.15) is 0 Å². The summed E-state index contributed by atoms with van der Waals surface area (Å²) in [7, 11) is 0. The lowest BCUT2D eigenvalue weighted by Gasteiger charge is -2.33. The lowest BCUT2D eigenvalue weighted by molar-refractivity contribution is -0.149. The van der Waals surface area contributed by atoms with Crippen LogP contribution in [-0.2, 0) is 20.8 Å². The molecule has 34 heavy (non-hydrogen) atoms. The normalized spacial score (nSPS) is 15.1. The first-order chi connectivity index (χ1) is 16.2. The number of nitrogens with one attached hydrogen (secondary N) is 1. The maximum absolute atomic E-state index is 12.2. The molecule has 0 fully saturated rings. The molecule has 0 spiro atoms. The molecule has 0 aliphatic rings. The quantitative estimate of drug-likeness (QED) is 0.384. The first-order valence-corrected chi connectivity index (χ1v) is 11.4. The molecule has 3 N–H and O–H groups in total. The van der Waals surface area contributed by atoms with Crippen LogP contribution in [0.15, 0.2) is 43.0 Å². The molecule has 0 saturated heterocycles. The van der Waals surface area contributed by atoms with Gasteiger partial charge in [0.15, 0.2) is 11.5 Å². The zero-order chi connectivity index (χ0) is 24.7. The maximum Gasteiger partial charge on any atom is 0.323 e. The molecule has 184 valence electrons. The number of nitrogens with zero attached hydrogens (tertiary/aromatic N) is 4. The minimum Gasteiger partial charge on any atom is -0.484 e. The van der Waals surface area contributed by atoms with E-state index in [9.17, 15) is 4.79 Å². The van der Waals surface area contributed by atoms with Crippen molar-refractivity contribution in [2.45, 2.75) is 65.0 Å². The van der Waals surface area contributed by atoms with Crippen molar-refractivity contribution in [3.05, 3.63) is 43.0 Å². The minimum absolute atomic E-state index is 0.171. The highest BCUT2D eigenvalue weighted by Crippen LogP contribution is 2.20. The van der Waals surface area contributed by atoms with Gasteiger partial charge in [-0.1, -0.05) is 18.2 Å². The SMILES string of the molecule is CC(C)OC(=O)[C@H](C)NC[C@@](C)(CO[C@H](C)Cn1cnc2c(N)ncnc21)Oc1ccccc1. The predicted molar refractivity (Wildman–Crippen MR) is 129 cm³/mol. The van der Waals surface area contributed by atoms with E-state index in [2.05, 4.69) is 20.3 Å². The van der Waals surface area contributed by atoms with Crippen molar-refractivity contribution in [3.8, 4) is 5.75 Å². The number of para-hydroxylation sites is 1. The molecule has 0 radical (unpaired) electrons. The van der Waals surface area contributed by atoms with Gasteiger partial charge in [0.1, 0.15) is 29.2 Å². The van der Waals surface area contributed by atoms with Gasteiger partial charge in [0.25, 0.3) is 0 Å². The van der Waals surface area contributed by atoms with Crippen LogP contribution in [0.1, 0.15) is 34.6 Å². The van der Waals surface area contributed by atoms with Crippen LogP contribution in [0.2, 0.25) is 0 Å². The summed E-state index contributed by atoms with van der Waals surface area (Å²) in [6.45, 7) is 10.5. The maximum atomic E-state index is 12.2. The third-order valence-electron chi connectivity index (χ3n) is 5.15. The molecule has 2 heterocycles. The van der Waals surface area contributed by atoms with E-state index in [0.29, 0.717) is 35.8 Å². The van der Waals surface area contributed by atoms with Crippen molar-refractivity contribution in [3.63, 3.8) is 0 Å². The average Bonchev–Trinajstić information content (AvgIpc) is 3.20. The molecule has 0 bridgehead atoms. The molecule has 10 nitrogen and oxygen atoms in total. The largest absolute Gasteiger partial charge is 0.484 e. The number of carbonyl (C=O) groups is 1. The van der Waals surface area contributed by atoms with Gasteiger partial charge in [-0.25, -0.2) is 15.0 Å². The number of nitrogen functional groups attached to an aromatic ring is 1. The Morgan fingerprint density at radius 1 is 1.15 bits per heavy atom. The number of hydrogen-bond acceptors (Lipinski definition) is 9. The molecule has 3 rings (SSSR count). The summed E-state index contributed by atoms with van der Waals surface area (Å²) in [5.74, 6) is 0.755. The third-order valence-corrected chi connectivity index (χ3v) is 5.15. The van der Waals surface area contributed by atoms with Crippen molar-refractivity contribution < 1.29 is 19.0 Å². The van der Waals surface area contributed by atoms with Gasteiger partial charge < -0.3 is 29.8 Å². The lowest BCUT2D eigenvalue weighted by Crippen LogP contribution is -2.51. The second-order valence-electron chi connectivity index (χ2n) is 8.90. The van der Waals surface area contributed by atoms with E-state index in [1.54, 1.807) is 13.3 Å². The Bertz CT molecular complexity index is 1070. The second-order valence-corrected chi connectivity index (χ2v) is 8.90. The van der Waals surface area contributed by atoms with Crippen LogP contribution in [0.4, 0.5) is 5.82 Å². The van der Waals surface area contributed by atoms with Crippen molar-refractivity contribution in [1.29, 1.82) is 0 Å². The summed E-state index contributed by atoms with van der Waals surface area (Å²) in [5, 5.41) is 3.22. The number of nitrogens with two attached hydrogens (primary N) is 1. The standard InChI is InChI=1S/C24H34N6O4/c1-16(2)33-23(31)18(4)26-12-24(5,34-19-9-7-6-8-10-19)13-32-17(3)11-30-15-29-20-21(25)27-14-28-22(20)30/h6-10,14-18,26H,11-13H2,1-5H3,(H2,25,27,28)/t17-,18+,24+/m1/s1. The van der Waals surface area contributed by atoms with Gasteiger partial charge in [-0.15, -0.1) is 0 Å². The molecule has 0 amide bonds. The zero-order valence-electron chi connectivity index (χ0n) is 20.4. The molecular formula is C24H34N6O4. The van der Waals surface area contributed by atoms with Crippen LogP contribution in [0.25, 0.3) is 11.2 Å². The monoisotopic (exact) mass is 470 g/mol. The highest BCUT2D eigenvalue weighted by Gasteiger charge is 2.30. The number of esters is 1. The van der Waals surface area contributed by atoms with Crippen molar-refractivity contribution in [2.24, 2.45) is 0 Å². The first-order valence-electron chi connectivity index (χ1n) is 11.4. The number of carbonyl (C=O) groups excluding carboxylic acids is 1. The highest BCUT2D eigenvalue weighted by atomic mass is 16.6. The fourth-order valence-corrected chi connectivity index (χ4v) is 3.36. The summed E-state index contributed by atoms with van der Waals surface area (Å²) in [5.41, 5.74) is 6.36. The van der Waals surface area contributed by atoms with Gasteiger partial charge in [-0.3, -0.25) is 4.79 Å². The highest BCUT2D eigenvalue weighted by molar-refractivity contribution is 5.81.